The summed E-state index contributed by atoms with van der Waals surface area (Å²) in [5.74, 6) is -0.436. The largest absolute Gasteiger partial charge is 0.357 e. The fraction of sp³-hybridized carbons (Fsp3) is 0.250. The number of hydrazine groups is 1. The highest BCUT2D eigenvalue weighted by atomic mass is 32.1. The second-order valence-corrected chi connectivity index (χ2v) is 6.84. The molecule has 2 aromatic rings. The smallest absolute Gasteiger partial charge is 0.238 e. The normalized spacial score (nSPS) is 15.3. The zero-order chi connectivity index (χ0) is 19.1. The van der Waals surface area contributed by atoms with Gasteiger partial charge in [-0.15, -0.1) is 0 Å². The van der Waals surface area contributed by atoms with Gasteiger partial charge in [0, 0.05) is 24.6 Å². The van der Waals surface area contributed by atoms with E-state index in [1.807, 2.05) is 54.6 Å². The first kappa shape index (κ1) is 18.8. The Labute approximate surface area is 163 Å². The summed E-state index contributed by atoms with van der Waals surface area (Å²) in [6.45, 7) is 0.574. The van der Waals surface area contributed by atoms with Crippen LogP contribution in [0.5, 0.6) is 0 Å². The number of carbonyl (C=O) groups excluding carboxylic acids is 2. The molecule has 3 rings (SSSR count). The van der Waals surface area contributed by atoms with Gasteiger partial charge in [0.2, 0.25) is 11.8 Å². The molecule has 2 aromatic carbocycles. The molecule has 1 unspecified atom stereocenters. The Morgan fingerprint density at radius 3 is 2.63 bits per heavy atom. The van der Waals surface area contributed by atoms with Crippen LogP contribution in [0.25, 0.3) is 0 Å². The number of carbonyl (C=O) groups is 2. The van der Waals surface area contributed by atoms with Gasteiger partial charge < -0.3 is 10.6 Å². The molecule has 6 nitrogen and oxygen atoms in total. The van der Waals surface area contributed by atoms with Gasteiger partial charge in [-0.05, 0) is 42.3 Å². The second kappa shape index (κ2) is 9.14. The van der Waals surface area contributed by atoms with E-state index in [1.165, 1.54) is 0 Å². The summed E-state index contributed by atoms with van der Waals surface area (Å²) in [5.41, 5.74) is 8.31. The van der Waals surface area contributed by atoms with Crippen LogP contribution in [-0.4, -0.2) is 16.9 Å². The monoisotopic (exact) mass is 382 g/mol. The average Bonchev–Trinajstić information content (AvgIpc) is 2.70. The molecule has 0 aliphatic carbocycles. The predicted molar refractivity (Wildman–Crippen MR) is 109 cm³/mol. The molecule has 0 saturated carbocycles. The quantitative estimate of drug-likeness (QED) is 0.471. The topological polar surface area (TPSA) is 82.3 Å². The van der Waals surface area contributed by atoms with E-state index in [4.69, 9.17) is 12.2 Å². The molecule has 1 aliphatic heterocycles. The van der Waals surface area contributed by atoms with E-state index in [0.717, 1.165) is 16.8 Å². The van der Waals surface area contributed by atoms with Crippen LogP contribution in [0.15, 0.2) is 54.6 Å². The van der Waals surface area contributed by atoms with Crippen LogP contribution < -0.4 is 21.5 Å². The first-order valence-electron chi connectivity index (χ1n) is 8.87. The van der Waals surface area contributed by atoms with E-state index >= 15 is 0 Å². The highest BCUT2D eigenvalue weighted by molar-refractivity contribution is 7.80. The van der Waals surface area contributed by atoms with E-state index in [9.17, 15) is 9.59 Å². The summed E-state index contributed by atoms with van der Waals surface area (Å²) in [4.78, 5) is 24.2. The summed E-state index contributed by atoms with van der Waals surface area (Å²) in [7, 11) is 0. The second-order valence-electron chi connectivity index (χ2n) is 6.43. The number of rotatable bonds is 5. The number of amides is 2. The Hall–Kier alpha value is -2.93. The molecule has 0 bridgehead atoms. The first-order chi connectivity index (χ1) is 13.1. The predicted octanol–water partition coefficient (Wildman–Crippen LogP) is 2.27. The van der Waals surface area contributed by atoms with Gasteiger partial charge in [0.15, 0.2) is 5.11 Å². The number of nitrogens with one attached hydrogen (secondary N) is 4. The fourth-order valence-corrected chi connectivity index (χ4v) is 3.09. The SMILES string of the molecule is O=C(CCC1Cc2ccccc2NC1=O)NNC(=S)NCc1ccccc1. The van der Waals surface area contributed by atoms with Gasteiger partial charge in [-0.1, -0.05) is 48.5 Å². The van der Waals surface area contributed by atoms with E-state index in [2.05, 4.69) is 21.5 Å². The van der Waals surface area contributed by atoms with Crippen LogP contribution in [0, 0.1) is 5.92 Å². The van der Waals surface area contributed by atoms with E-state index in [0.29, 0.717) is 24.5 Å². The van der Waals surface area contributed by atoms with E-state index < -0.39 is 0 Å². The molecular formula is C20H22N4O2S. The molecule has 1 atom stereocenters. The third-order valence-corrected chi connectivity index (χ3v) is 4.69. The Morgan fingerprint density at radius 2 is 1.81 bits per heavy atom. The summed E-state index contributed by atoms with van der Waals surface area (Å²) in [6, 6.07) is 17.6. The van der Waals surface area contributed by atoms with Gasteiger partial charge in [0.25, 0.3) is 0 Å². The van der Waals surface area contributed by atoms with Gasteiger partial charge in [-0.2, -0.15) is 0 Å². The lowest BCUT2D eigenvalue weighted by Gasteiger charge is -2.24. The number of para-hydroxylation sites is 1. The number of hydrogen-bond donors (Lipinski definition) is 4. The van der Waals surface area contributed by atoms with E-state index in [-0.39, 0.29) is 24.2 Å². The molecule has 4 N–H and O–H groups in total. The van der Waals surface area contributed by atoms with Gasteiger partial charge in [-0.3, -0.25) is 20.4 Å². The molecule has 1 heterocycles. The number of thiocarbonyl (C=S) groups is 1. The Balaban J connectivity index is 1.37. The van der Waals surface area contributed by atoms with Gasteiger partial charge in [-0.25, -0.2) is 0 Å². The molecule has 0 aromatic heterocycles. The minimum Gasteiger partial charge on any atom is -0.357 e. The van der Waals surface area contributed by atoms with Crippen molar-refractivity contribution in [1.82, 2.24) is 16.2 Å². The zero-order valence-corrected chi connectivity index (χ0v) is 15.6. The van der Waals surface area contributed by atoms with Crippen LogP contribution in [0.4, 0.5) is 5.69 Å². The molecule has 7 heteroatoms. The van der Waals surface area contributed by atoms with Crippen LogP contribution in [0.1, 0.15) is 24.0 Å². The minimum absolute atomic E-state index is 0.0329. The van der Waals surface area contributed by atoms with Crippen molar-refractivity contribution in [3.8, 4) is 0 Å². The van der Waals surface area contributed by atoms with Crippen molar-refractivity contribution in [2.75, 3.05) is 5.32 Å². The summed E-state index contributed by atoms with van der Waals surface area (Å²) in [6.07, 6.45) is 1.38. The molecule has 27 heavy (non-hydrogen) atoms. The molecule has 1 aliphatic rings. The van der Waals surface area contributed by atoms with Crippen molar-refractivity contribution >= 4 is 34.8 Å². The molecule has 0 fully saturated rings. The van der Waals surface area contributed by atoms with Gasteiger partial charge in [0.1, 0.15) is 0 Å². The van der Waals surface area contributed by atoms with Crippen molar-refractivity contribution in [3.05, 3.63) is 65.7 Å². The molecular weight excluding hydrogens is 360 g/mol. The van der Waals surface area contributed by atoms with Crippen molar-refractivity contribution in [1.29, 1.82) is 0 Å². The standard InChI is InChI=1S/C20H22N4O2S/c25-18(23-24-20(27)21-13-14-6-2-1-3-7-14)11-10-16-12-15-8-4-5-9-17(15)22-19(16)26/h1-9,16H,10-13H2,(H,22,26)(H,23,25)(H2,21,24,27). The maximum Gasteiger partial charge on any atom is 0.238 e. The molecule has 0 saturated heterocycles. The van der Waals surface area contributed by atoms with E-state index in [1.54, 1.807) is 0 Å². The Morgan fingerprint density at radius 1 is 1.07 bits per heavy atom. The van der Waals surface area contributed by atoms with Gasteiger partial charge >= 0.3 is 0 Å². The fourth-order valence-electron chi connectivity index (χ4n) is 2.96. The van der Waals surface area contributed by atoms with Crippen LogP contribution in [0.2, 0.25) is 0 Å². The van der Waals surface area contributed by atoms with Crippen molar-refractivity contribution in [2.45, 2.75) is 25.8 Å². The number of fused-ring (bicyclic) bond motifs is 1. The Kier molecular flexibility index (Phi) is 6.38. The maximum atomic E-state index is 12.2. The number of benzene rings is 2. The van der Waals surface area contributed by atoms with Crippen LogP contribution >= 0.6 is 12.2 Å². The summed E-state index contributed by atoms with van der Waals surface area (Å²) < 4.78 is 0. The molecule has 2 amide bonds. The van der Waals surface area contributed by atoms with Crippen LogP contribution in [0.3, 0.4) is 0 Å². The Bertz CT molecular complexity index is 826. The zero-order valence-electron chi connectivity index (χ0n) is 14.8. The van der Waals surface area contributed by atoms with Gasteiger partial charge in [0.05, 0.1) is 0 Å². The van der Waals surface area contributed by atoms with Crippen molar-refractivity contribution < 1.29 is 9.59 Å². The molecule has 0 radical (unpaired) electrons. The number of anilines is 1. The minimum atomic E-state index is -0.203. The average molecular weight is 382 g/mol. The number of hydrogen-bond acceptors (Lipinski definition) is 3. The maximum absolute atomic E-state index is 12.2. The van der Waals surface area contributed by atoms with Crippen molar-refractivity contribution in [3.63, 3.8) is 0 Å². The third kappa shape index (κ3) is 5.52. The lowest BCUT2D eigenvalue weighted by atomic mass is 9.89. The lowest BCUT2D eigenvalue weighted by molar-refractivity contribution is -0.123. The highest BCUT2D eigenvalue weighted by Gasteiger charge is 2.26. The summed E-state index contributed by atoms with van der Waals surface area (Å²) >= 11 is 5.14. The van der Waals surface area contributed by atoms with Crippen LogP contribution in [-0.2, 0) is 22.6 Å². The molecule has 0 spiro atoms. The lowest BCUT2D eigenvalue weighted by Crippen LogP contribution is -2.46. The first-order valence-corrected chi connectivity index (χ1v) is 9.28. The summed E-state index contributed by atoms with van der Waals surface area (Å²) in [5, 5.41) is 6.26. The highest BCUT2D eigenvalue weighted by Crippen LogP contribution is 2.27. The third-order valence-electron chi connectivity index (χ3n) is 4.44. The molecule has 140 valence electrons. The van der Waals surface area contributed by atoms with Crippen molar-refractivity contribution in [2.24, 2.45) is 5.92 Å².